The van der Waals surface area contributed by atoms with E-state index >= 15 is 0 Å². The molecule has 0 aliphatic carbocycles. The predicted molar refractivity (Wildman–Crippen MR) is 132 cm³/mol. The standard InChI is InChI=1S/C24H25FN2OS.C2H5N/c1-4-29-21-11-5-17(6-12-21)15-23(28)27-20-9-7-18(8-10-20)24(2,3)22-16-19(25)13-14-26-22;1-2-3/h5-14,16H,4,15H2,1-3H3,(H,27,28);2H,1,3H2. The lowest BCUT2D eigenvalue weighted by molar-refractivity contribution is -0.115. The average Bonchev–Trinajstić information content (AvgIpc) is 2.76. The molecule has 3 N–H and O–H groups in total. The van der Waals surface area contributed by atoms with Crippen LogP contribution in [0.5, 0.6) is 0 Å². The Morgan fingerprint density at radius 3 is 2.34 bits per heavy atom. The first-order valence-corrected chi connectivity index (χ1v) is 11.4. The molecule has 3 aromatic rings. The average molecular weight is 452 g/mol. The molecular weight excluding hydrogens is 421 g/mol. The third-order valence-corrected chi connectivity index (χ3v) is 5.75. The Hall–Kier alpha value is -3.12. The van der Waals surface area contributed by atoms with Gasteiger partial charge in [-0.2, -0.15) is 0 Å². The second-order valence-electron chi connectivity index (χ2n) is 7.60. The highest BCUT2D eigenvalue weighted by atomic mass is 32.2. The van der Waals surface area contributed by atoms with Gasteiger partial charge < -0.3 is 11.1 Å². The molecule has 0 radical (unpaired) electrons. The fraction of sp³-hybridized carbons (Fsp3) is 0.231. The predicted octanol–water partition coefficient (Wildman–Crippen LogP) is 5.93. The van der Waals surface area contributed by atoms with Gasteiger partial charge in [0.05, 0.1) is 12.1 Å². The van der Waals surface area contributed by atoms with Crippen molar-refractivity contribution < 1.29 is 9.18 Å². The Labute approximate surface area is 194 Å². The molecule has 1 heterocycles. The van der Waals surface area contributed by atoms with Crippen molar-refractivity contribution in [3.63, 3.8) is 0 Å². The quantitative estimate of drug-likeness (QED) is 0.437. The van der Waals surface area contributed by atoms with E-state index in [9.17, 15) is 9.18 Å². The van der Waals surface area contributed by atoms with Crippen LogP contribution < -0.4 is 11.1 Å². The number of halogens is 1. The third kappa shape index (κ3) is 7.24. The van der Waals surface area contributed by atoms with E-state index in [0.717, 1.165) is 22.6 Å². The van der Waals surface area contributed by atoms with Crippen LogP contribution in [0.2, 0.25) is 0 Å². The summed E-state index contributed by atoms with van der Waals surface area (Å²) in [6, 6.07) is 18.5. The number of amides is 1. The number of pyridine rings is 1. The molecule has 0 atom stereocenters. The van der Waals surface area contributed by atoms with Crippen LogP contribution in [-0.4, -0.2) is 16.6 Å². The first kappa shape index (κ1) is 25.1. The number of rotatable bonds is 7. The van der Waals surface area contributed by atoms with Crippen molar-refractivity contribution in [2.45, 2.75) is 37.5 Å². The normalized spacial score (nSPS) is 10.6. The van der Waals surface area contributed by atoms with E-state index < -0.39 is 5.41 Å². The summed E-state index contributed by atoms with van der Waals surface area (Å²) in [5, 5.41) is 2.94. The van der Waals surface area contributed by atoms with Crippen LogP contribution in [-0.2, 0) is 16.6 Å². The van der Waals surface area contributed by atoms with Gasteiger partial charge in [-0.25, -0.2) is 4.39 Å². The Balaban J connectivity index is 0.00000114. The third-order valence-electron chi connectivity index (χ3n) is 4.85. The summed E-state index contributed by atoms with van der Waals surface area (Å²) in [5.74, 6) is 0.676. The lowest BCUT2D eigenvalue weighted by Crippen LogP contribution is -2.21. The maximum atomic E-state index is 13.6. The molecule has 0 spiro atoms. The van der Waals surface area contributed by atoms with E-state index in [1.165, 1.54) is 29.4 Å². The van der Waals surface area contributed by atoms with Crippen molar-refractivity contribution in [1.82, 2.24) is 4.98 Å². The molecule has 3 rings (SSSR count). The summed E-state index contributed by atoms with van der Waals surface area (Å²) in [5.41, 5.74) is 7.55. The topological polar surface area (TPSA) is 68.0 Å². The van der Waals surface area contributed by atoms with Gasteiger partial charge in [0, 0.05) is 22.2 Å². The van der Waals surface area contributed by atoms with E-state index in [0.29, 0.717) is 12.1 Å². The van der Waals surface area contributed by atoms with E-state index in [1.54, 1.807) is 11.8 Å². The summed E-state index contributed by atoms with van der Waals surface area (Å²) >= 11 is 1.78. The van der Waals surface area contributed by atoms with Gasteiger partial charge >= 0.3 is 0 Å². The number of nitrogens with zero attached hydrogens (tertiary/aromatic N) is 1. The lowest BCUT2D eigenvalue weighted by atomic mass is 9.81. The Morgan fingerprint density at radius 2 is 1.78 bits per heavy atom. The number of carbonyl (C=O) groups is 1. The molecule has 1 amide bonds. The number of hydrogen-bond donors (Lipinski definition) is 2. The van der Waals surface area contributed by atoms with Gasteiger partial charge in [-0.1, -0.05) is 51.6 Å². The van der Waals surface area contributed by atoms with Crippen molar-refractivity contribution >= 4 is 23.4 Å². The van der Waals surface area contributed by atoms with Crippen molar-refractivity contribution in [2.75, 3.05) is 11.1 Å². The summed E-state index contributed by atoms with van der Waals surface area (Å²) in [6.07, 6.45) is 3.06. The van der Waals surface area contributed by atoms with Gasteiger partial charge in [-0.05, 0) is 59.5 Å². The fourth-order valence-corrected chi connectivity index (χ4v) is 3.79. The molecule has 0 unspecified atom stereocenters. The molecule has 1 aromatic heterocycles. The summed E-state index contributed by atoms with van der Waals surface area (Å²) in [6.45, 7) is 9.26. The minimum Gasteiger partial charge on any atom is -0.405 e. The number of benzene rings is 2. The molecule has 6 heteroatoms. The van der Waals surface area contributed by atoms with E-state index in [-0.39, 0.29) is 11.7 Å². The highest BCUT2D eigenvalue weighted by molar-refractivity contribution is 7.99. The smallest absolute Gasteiger partial charge is 0.228 e. The van der Waals surface area contributed by atoms with Crippen molar-refractivity contribution in [3.8, 4) is 0 Å². The van der Waals surface area contributed by atoms with Crippen LogP contribution in [0, 0.1) is 5.82 Å². The Morgan fingerprint density at radius 1 is 1.16 bits per heavy atom. The molecular formula is C26H30FN3OS. The van der Waals surface area contributed by atoms with Crippen LogP contribution in [0.15, 0.2) is 84.5 Å². The zero-order chi connectivity index (χ0) is 23.6. The zero-order valence-electron chi connectivity index (χ0n) is 18.8. The van der Waals surface area contributed by atoms with E-state index in [2.05, 4.69) is 29.5 Å². The van der Waals surface area contributed by atoms with Gasteiger partial charge in [-0.3, -0.25) is 9.78 Å². The minimum absolute atomic E-state index is 0.0558. The van der Waals surface area contributed by atoms with Crippen LogP contribution in [0.3, 0.4) is 0 Å². The molecule has 2 aromatic carbocycles. The minimum atomic E-state index is -0.442. The molecule has 0 aliphatic rings. The number of anilines is 1. The van der Waals surface area contributed by atoms with Crippen molar-refractivity contribution in [2.24, 2.45) is 5.73 Å². The number of carbonyl (C=O) groups excluding carboxylic acids is 1. The van der Waals surface area contributed by atoms with Crippen LogP contribution in [0.4, 0.5) is 10.1 Å². The molecule has 0 fully saturated rings. The molecule has 168 valence electrons. The maximum absolute atomic E-state index is 13.6. The maximum Gasteiger partial charge on any atom is 0.228 e. The first-order valence-electron chi connectivity index (χ1n) is 10.4. The monoisotopic (exact) mass is 451 g/mol. The van der Waals surface area contributed by atoms with Crippen LogP contribution >= 0.6 is 11.8 Å². The zero-order valence-corrected chi connectivity index (χ0v) is 19.6. The Bertz CT molecular complexity index is 1020. The summed E-state index contributed by atoms with van der Waals surface area (Å²) in [7, 11) is 0. The number of thioether (sulfide) groups is 1. The molecule has 32 heavy (non-hydrogen) atoms. The first-order chi connectivity index (χ1) is 15.3. The highest BCUT2D eigenvalue weighted by Crippen LogP contribution is 2.31. The lowest BCUT2D eigenvalue weighted by Gasteiger charge is -2.25. The second kappa shape index (κ2) is 12.1. The van der Waals surface area contributed by atoms with Crippen molar-refractivity contribution in [1.29, 1.82) is 0 Å². The van der Waals surface area contributed by atoms with Crippen LogP contribution in [0.1, 0.15) is 37.6 Å². The molecule has 0 saturated heterocycles. The van der Waals surface area contributed by atoms with Crippen LogP contribution in [0.25, 0.3) is 0 Å². The number of hydrogen-bond acceptors (Lipinski definition) is 4. The van der Waals surface area contributed by atoms with Gasteiger partial charge in [-0.15, -0.1) is 11.8 Å². The molecule has 0 saturated carbocycles. The number of nitrogens with two attached hydrogens (primary N) is 1. The SMILES string of the molecule is C=CN.CCSc1ccc(CC(=O)Nc2ccc(C(C)(C)c3cc(F)ccn3)cc2)cc1. The summed E-state index contributed by atoms with van der Waals surface area (Å²) < 4.78 is 13.6. The second-order valence-corrected chi connectivity index (χ2v) is 8.94. The molecule has 4 nitrogen and oxygen atoms in total. The highest BCUT2D eigenvalue weighted by Gasteiger charge is 2.25. The Kier molecular flexibility index (Phi) is 9.47. The van der Waals surface area contributed by atoms with E-state index in [1.807, 2.05) is 62.4 Å². The van der Waals surface area contributed by atoms with Crippen molar-refractivity contribution in [3.05, 3.63) is 102 Å². The number of aromatic nitrogens is 1. The molecule has 0 bridgehead atoms. The van der Waals surface area contributed by atoms with Gasteiger partial charge in [0.15, 0.2) is 0 Å². The van der Waals surface area contributed by atoms with Gasteiger partial charge in [0.2, 0.25) is 5.91 Å². The largest absolute Gasteiger partial charge is 0.405 e. The molecule has 0 aliphatic heterocycles. The summed E-state index contributed by atoms with van der Waals surface area (Å²) in [4.78, 5) is 17.9. The number of nitrogens with one attached hydrogen (secondary N) is 1. The fourth-order valence-electron chi connectivity index (χ4n) is 3.13. The van der Waals surface area contributed by atoms with E-state index in [4.69, 9.17) is 0 Å². The van der Waals surface area contributed by atoms with Gasteiger partial charge in [0.1, 0.15) is 5.82 Å². The van der Waals surface area contributed by atoms with Gasteiger partial charge in [0.25, 0.3) is 0 Å².